The van der Waals surface area contributed by atoms with Crippen molar-refractivity contribution in [3.63, 3.8) is 0 Å². The summed E-state index contributed by atoms with van der Waals surface area (Å²) >= 11 is 5.70. The average Bonchev–Trinajstić information content (AvgIpc) is 2.34. The zero-order valence-electron chi connectivity index (χ0n) is 6.37. The van der Waals surface area contributed by atoms with Crippen molar-refractivity contribution in [2.75, 3.05) is 5.73 Å². The van der Waals surface area contributed by atoms with E-state index in [0.29, 0.717) is 16.3 Å². The summed E-state index contributed by atoms with van der Waals surface area (Å²) in [5.41, 5.74) is 6.42. The average molecular weight is 193 g/mol. The summed E-state index contributed by atoms with van der Waals surface area (Å²) in [6.45, 7) is 0. The van der Waals surface area contributed by atoms with E-state index in [1.165, 1.54) is 6.33 Å². The van der Waals surface area contributed by atoms with Crippen molar-refractivity contribution in [3.05, 3.63) is 11.5 Å². The fraction of sp³-hybridized carbons (Fsp3) is 0. The Hall–Kier alpha value is -0.360. The summed E-state index contributed by atoms with van der Waals surface area (Å²) in [7, 11) is 0. The molecular formula is C5H4ClN5Na. The first-order valence-corrected chi connectivity index (χ1v) is 3.27. The number of rotatable bonds is 0. The molecule has 1 radical (unpaired) electrons. The molecule has 2 aromatic rings. The number of anilines is 1. The van der Waals surface area contributed by atoms with Crippen LogP contribution in [0.3, 0.4) is 0 Å². The monoisotopic (exact) mass is 192 g/mol. The van der Waals surface area contributed by atoms with Crippen molar-refractivity contribution in [1.29, 1.82) is 0 Å². The van der Waals surface area contributed by atoms with Crippen LogP contribution in [0.4, 0.5) is 5.95 Å². The molecule has 0 fully saturated rings. The van der Waals surface area contributed by atoms with Gasteiger partial charge in [0.25, 0.3) is 0 Å². The van der Waals surface area contributed by atoms with E-state index in [1.54, 1.807) is 0 Å². The van der Waals surface area contributed by atoms with E-state index < -0.39 is 0 Å². The number of nitrogens with two attached hydrogens (primary N) is 1. The van der Waals surface area contributed by atoms with Crippen LogP contribution < -0.4 is 5.73 Å². The second-order valence-electron chi connectivity index (χ2n) is 1.97. The molecule has 2 rings (SSSR count). The molecule has 0 aliphatic rings. The van der Waals surface area contributed by atoms with Crippen LogP contribution in [0.15, 0.2) is 6.33 Å². The van der Waals surface area contributed by atoms with Gasteiger partial charge in [-0.25, -0.2) is 4.98 Å². The summed E-state index contributed by atoms with van der Waals surface area (Å²) in [6.07, 6.45) is 1.49. The van der Waals surface area contributed by atoms with Gasteiger partial charge in [-0.2, -0.15) is 9.97 Å². The molecule has 2 aromatic heterocycles. The third-order valence-corrected chi connectivity index (χ3v) is 1.53. The predicted octanol–water partition coefficient (Wildman–Crippen LogP) is 0.208. The number of hydrogen-bond donors (Lipinski definition) is 2. The number of fused-ring (bicyclic) bond motifs is 1. The standard InChI is InChI=1S/C5H4ClN5.Na/c6-3-2-4(9-1-8-2)11-5(7)10-3;/h1H,(H3,7,8,9,10,11);. The summed E-state index contributed by atoms with van der Waals surface area (Å²) in [5.74, 6) is 0.134. The fourth-order valence-electron chi connectivity index (χ4n) is 0.814. The quantitative estimate of drug-likeness (QED) is 0.462. The second kappa shape index (κ2) is 3.57. The van der Waals surface area contributed by atoms with Crippen molar-refractivity contribution >= 4 is 58.3 Å². The van der Waals surface area contributed by atoms with Gasteiger partial charge in [-0.1, -0.05) is 11.6 Å². The molecule has 0 amide bonds. The molecule has 3 N–H and O–H groups in total. The molecule has 0 aromatic carbocycles. The molecule has 0 spiro atoms. The minimum Gasteiger partial charge on any atom is -0.368 e. The van der Waals surface area contributed by atoms with Crippen LogP contribution in [0, 0.1) is 0 Å². The first-order chi connectivity index (χ1) is 5.27. The summed E-state index contributed by atoms with van der Waals surface area (Å²) in [6, 6.07) is 0. The molecular weight excluding hydrogens is 189 g/mol. The van der Waals surface area contributed by atoms with Gasteiger partial charge in [-0.05, 0) is 0 Å². The summed E-state index contributed by atoms with van der Waals surface area (Å²) in [5, 5.41) is 0.296. The Labute approximate surface area is 95.0 Å². The maximum absolute atomic E-state index is 5.70. The number of hydrogen-bond acceptors (Lipinski definition) is 4. The van der Waals surface area contributed by atoms with E-state index in [1.807, 2.05) is 0 Å². The Morgan fingerprint density at radius 1 is 1.42 bits per heavy atom. The van der Waals surface area contributed by atoms with E-state index in [2.05, 4.69) is 19.9 Å². The zero-order valence-corrected chi connectivity index (χ0v) is 9.13. The van der Waals surface area contributed by atoms with E-state index in [9.17, 15) is 0 Å². The van der Waals surface area contributed by atoms with Gasteiger partial charge in [-0.3, -0.25) is 0 Å². The Bertz CT molecular complexity index is 400. The van der Waals surface area contributed by atoms with Gasteiger partial charge in [-0.15, -0.1) is 0 Å². The zero-order chi connectivity index (χ0) is 7.84. The van der Waals surface area contributed by atoms with Gasteiger partial charge in [0, 0.05) is 29.6 Å². The molecule has 0 saturated heterocycles. The number of nitrogens with one attached hydrogen (secondary N) is 1. The minimum absolute atomic E-state index is 0. The van der Waals surface area contributed by atoms with Crippen LogP contribution in [0.1, 0.15) is 0 Å². The van der Waals surface area contributed by atoms with E-state index in [0.717, 1.165) is 0 Å². The third kappa shape index (κ3) is 1.54. The van der Waals surface area contributed by atoms with E-state index in [-0.39, 0.29) is 35.5 Å². The van der Waals surface area contributed by atoms with Crippen LogP contribution in [-0.4, -0.2) is 49.5 Å². The number of aromatic nitrogens is 4. The molecule has 0 aliphatic heterocycles. The molecule has 12 heavy (non-hydrogen) atoms. The maximum atomic E-state index is 5.70. The Morgan fingerprint density at radius 2 is 2.17 bits per heavy atom. The summed E-state index contributed by atoms with van der Waals surface area (Å²) < 4.78 is 0. The van der Waals surface area contributed by atoms with Crippen molar-refractivity contribution < 1.29 is 0 Å². The molecule has 5 nitrogen and oxygen atoms in total. The number of H-pyrrole nitrogens is 1. The van der Waals surface area contributed by atoms with E-state index in [4.69, 9.17) is 17.3 Å². The van der Waals surface area contributed by atoms with Gasteiger partial charge in [0.05, 0.1) is 6.33 Å². The van der Waals surface area contributed by atoms with Crippen molar-refractivity contribution in [1.82, 2.24) is 19.9 Å². The van der Waals surface area contributed by atoms with Crippen LogP contribution in [-0.2, 0) is 0 Å². The number of halogens is 1. The number of imidazole rings is 1. The first kappa shape index (κ1) is 9.73. The molecule has 0 bridgehead atoms. The Morgan fingerprint density at radius 3 is 2.92 bits per heavy atom. The van der Waals surface area contributed by atoms with Crippen LogP contribution in [0.2, 0.25) is 5.15 Å². The molecule has 7 heteroatoms. The number of nitrogen functional groups attached to an aromatic ring is 1. The molecule has 57 valence electrons. The fourth-order valence-corrected chi connectivity index (χ4v) is 1.04. The van der Waals surface area contributed by atoms with Gasteiger partial charge in [0.2, 0.25) is 5.95 Å². The SMILES string of the molecule is Nc1nc(Cl)c2[nH]cnc2n1.[Na]. The van der Waals surface area contributed by atoms with E-state index >= 15 is 0 Å². The second-order valence-corrected chi connectivity index (χ2v) is 2.33. The van der Waals surface area contributed by atoms with Crippen LogP contribution in [0.5, 0.6) is 0 Å². The first-order valence-electron chi connectivity index (χ1n) is 2.89. The summed E-state index contributed by atoms with van der Waals surface area (Å²) in [4.78, 5) is 14.2. The van der Waals surface area contributed by atoms with Gasteiger partial charge >= 0.3 is 0 Å². The molecule has 0 unspecified atom stereocenters. The normalized spacial score (nSPS) is 9.75. The number of nitrogens with zero attached hydrogens (tertiary/aromatic N) is 3. The molecule has 0 saturated carbocycles. The minimum atomic E-state index is 0. The molecule has 2 heterocycles. The van der Waals surface area contributed by atoms with Crippen molar-refractivity contribution in [2.24, 2.45) is 0 Å². The van der Waals surface area contributed by atoms with Crippen LogP contribution >= 0.6 is 11.6 Å². The Balaban J connectivity index is 0.000000720. The van der Waals surface area contributed by atoms with Gasteiger partial charge in [0.15, 0.2) is 10.8 Å². The third-order valence-electron chi connectivity index (χ3n) is 1.26. The van der Waals surface area contributed by atoms with Gasteiger partial charge in [0.1, 0.15) is 5.52 Å². The maximum Gasteiger partial charge on any atom is 0.223 e. The molecule has 0 aliphatic carbocycles. The number of aromatic amines is 1. The Kier molecular flexibility index (Phi) is 2.89. The van der Waals surface area contributed by atoms with Crippen molar-refractivity contribution in [3.8, 4) is 0 Å². The largest absolute Gasteiger partial charge is 0.368 e. The topological polar surface area (TPSA) is 80.5 Å². The van der Waals surface area contributed by atoms with Crippen LogP contribution in [0.25, 0.3) is 11.2 Å². The smallest absolute Gasteiger partial charge is 0.223 e. The molecule has 0 atom stereocenters. The van der Waals surface area contributed by atoms with Crippen molar-refractivity contribution in [2.45, 2.75) is 0 Å². The predicted molar refractivity (Wildman–Crippen MR) is 46.9 cm³/mol. The van der Waals surface area contributed by atoms with Gasteiger partial charge < -0.3 is 10.7 Å².